The molecule has 0 N–H and O–H groups in total. The summed E-state index contributed by atoms with van der Waals surface area (Å²) in [5, 5.41) is 0. The van der Waals surface area contributed by atoms with Gasteiger partial charge in [0.05, 0.1) is 0 Å². The molecule has 6 heavy (non-hydrogen) atoms. The summed E-state index contributed by atoms with van der Waals surface area (Å²) in [5.41, 5.74) is 0. The van der Waals surface area contributed by atoms with E-state index in [0.717, 1.165) is 0 Å². The Morgan fingerprint density at radius 3 is 2.67 bits per heavy atom. The van der Waals surface area contributed by atoms with Crippen LogP contribution in [0.5, 0.6) is 0 Å². The van der Waals surface area contributed by atoms with E-state index in [4.69, 9.17) is 1.37 Å². The second-order valence-electron chi connectivity index (χ2n) is 1.15. The Morgan fingerprint density at radius 1 is 1.33 bits per heavy atom. The van der Waals surface area contributed by atoms with E-state index in [-0.39, 0.29) is 6.40 Å². The van der Waals surface area contributed by atoms with Crippen molar-refractivity contribution in [3.05, 3.63) is 30.7 Å². The Hall–Kier alpha value is -0.520. The Bertz CT molecular complexity index is 103. The molecule has 31 valence electrons. The lowest BCUT2D eigenvalue weighted by molar-refractivity contribution is 1.27. The van der Waals surface area contributed by atoms with Crippen LogP contribution in [0.2, 0.25) is 0 Å². The highest BCUT2D eigenvalue weighted by atomic mass is 13.8. The summed E-state index contributed by atoms with van der Waals surface area (Å²) >= 11 is 0. The molecule has 0 nitrogen and oxygen atoms in total. The standard InChI is InChI=1S/C6H7/c1-2-4-6-5-3-1/h1-5H,6H2/i6D. The molecule has 0 saturated carbocycles. The maximum Gasteiger partial charge on any atom is 0.0316 e. The van der Waals surface area contributed by atoms with E-state index in [9.17, 15) is 0 Å². The highest BCUT2D eigenvalue weighted by Crippen LogP contribution is 1.96. The van der Waals surface area contributed by atoms with E-state index in [2.05, 4.69) is 0 Å². The maximum absolute atomic E-state index is 7.08. The van der Waals surface area contributed by atoms with Crippen LogP contribution in [0.3, 0.4) is 0 Å². The van der Waals surface area contributed by atoms with Crippen molar-refractivity contribution in [3.8, 4) is 0 Å². The highest BCUT2D eigenvalue weighted by molar-refractivity contribution is 5.14. The molecule has 0 amide bonds. The molecule has 1 aliphatic carbocycles. The van der Waals surface area contributed by atoms with E-state index >= 15 is 0 Å². The zero-order chi connectivity index (χ0) is 5.11. The fraction of sp³-hybridized carbons (Fsp3) is 0.167. The average molecular weight is 80.1 g/mol. The summed E-state index contributed by atoms with van der Waals surface area (Å²) in [4.78, 5) is 0. The van der Waals surface area contributed by atoms with Crippen molar-refractivity contribution >= 4 is 0 Å². The Kier molecular flexibility index (Phi) is 0.789. The van der Waals surface area contributed by atoms with E-state index < -0.39 is 0 Å². The molecule has 0 saturated heterocycles. The molecule has 1 atom stereocenters. The van der Waals surface area contributed by atoms with Crippen molar-refractivity contribution in [1.29, 1.82) is 0 Å². The summed E-state index contributed by atoms with van der Waals surface area (Å²) in [7, 11) is 0. The van der Waals surface area contributed by atoms with Crippen molar-refractivity contribution < 1.29 is 1.37 Å². The summed E-state index contributed by atoms with van der Waals surface area (Å²) in [6.07, 6.45) is 9.26. The second-order valence-corrected chi connectivity index (χ2v) is 1.15. The van der Waals surface area contributed by atoms with Crippen LogP contribution in [0, 0.1) is 6.42 Å². The van der Waals surface area contributed by atoms with Crippen LogP contribution in [-0.2, 0) is 0 Å². The van der Waals surface area contributed by atoms with Crippen LogP contribution in [0.15, 0.2) is 24.3 Å². The van der Waals surface area contributed by atoms with Crippen LogP contribution in [-0.4, -0.2) is 0 Å². The lowest BCUT2D eigenvalue weighted by Crippen LogP contribution is -1.69. The smallest absolute Gasteiger partial charge is 0.0316 e. The fourth-order valence-corrected chi connectivity index (χ4v) is 0.385. The quantitative estimate of drug-likeness (QED) is 0.415. The number of hydrogen-bond donors (Lipinski definition) is 0. The van der Waals surface area contributed by atoms with Crippen molar-refractivity contribution in [2.24, 2.45) is 0 Å². The van der Waals surface area contributed by atoms with Gasteiger partial charge in [0.15, 0.2) is 0 Å². The molecule has 0 heteroatoms. The van der Waals surface area contributed by atoms with Crippen molar-refractivity contribution in [2.45, 2.75) is 6.40 Å². The van der Waals surface area contributed by atoms with Crippen molar-refractivity contribution in [1.82, 2.24) is 0 Å². The van der Waals surface area contributed by atoms with E-state index in [1.807, 2.05) is 30.7 Å². The van der Waals surface area contributed by atoms with E-state index in [1.54, 1.807) is 0 Å². The SMILES string of the molecule is [2H]C1[CH]C=CC=C1. The molecule has 1 unspecified atom stereocenters. The third-order valence-electron chi connectivity index (χ3n) is 0.667. The number of hydrogen-bond acceptors (Lipinski definition) is 0. The lowest BCUT2D eigenvalue weighted by Gasteiger charge is -1.87. The summed E-state index contributed by atoms with van der Waals surface area (Å²) < 4.78 is 7.08. The van der Waals surface area contributed by atoms with E-state index in [1.165, 1.54) is 0 Å². The first-order valence-electron chi connectivity index (χ1n) is 2.58. The van der Waals surface area contributed by atoms with Gasteiger partial charge < -0.3 is 0 Å². The van der Waals surface area contributed by atoms with Crippen molar-refractivity contribution in [3.63, 3.8) is 0 Å². The number of allylic oxidation sites excluding steroid dienone is 4. The molecule has 1 aliphatic rings. The zero-order valence-electron chi connectivity index (χ0n) is 4.46. The molecule has 0 aromatic heterocycles. The first-order valence-corrected chi connectivity index (χ1v) is 2.00. The molecular weight excluding hydrogens is 72.1 g/mol. The molecule has 1 radical (unpaired) electrons. The Labute approximate surface area is 39.6 Å². The van der Waals surface area contributed by atoms with Gasteiger partial charge >= 0.3 is 0 Å². The minimum absolute atomic E-state index is 0.106. The highest BCUT2D eigenvalue weighted by Gasteiger charge is 1.78. The normalized spacial score (nSPS) is 33.3. The fourth-order valence-electron chi connectivity index (χ4n) is 0.385. The lowest BCUT2D eigenvalue weighted by atomic mass is 10.2. The predicted octanol–water partition coefficient (Wildman–Crippen LogP) is 1.71. The molecule has 0 aromatic carbocycles. The van der Waals surface area contributed by atoms with Crippen molar-refractivity contribution in [2.75, 3.05) is 0 Å². The van der Waals surface area contributed by atoms with Gasteiger partial charge in [-0.15, -0.1) is 0 Å². The summed E-state index contributed by atoms with van der Waals surface area (Å²) in [6.45, 7) is 0. The third kappa shape index (κ3) is 0.713. The van der Waals surface area contributed by atoms with Gasteiger partial charge in [-0.3, -0.25) is 0 Å². The van der Waals surface area contributed by atoms with Crippen LogP contribution < -0.4 is 0 Å². The van der Waals surface area contributed by atoms with E-state index in [0.29, 0.717) is 0 Å². The molecule has 0 bridgehead atoms. The summed E-state index contributed by atoms with van der Waals surface area (Å²) in [5.74, 6) is 0. The number of rotatable bonds is 0. The van der Waals surface area contributed by atoms with Gasteiger partial charge in [-0.25, -0.2) is 0 Å². The monoisotopic (exact) mass is 80.1 g/mol. The van der Waals surface area contributed by atoms with Gasteiger partial charge in [0.1, 0.15) is 0 Å². The Balaban J connectivity index is 2.49. The molecular formula is C6H7. The Morgan fingerprint density at radius 2 is 2.33 bits per heavy atom. The molecule has 0 spiro atoms. The van der Waals surface area contributed by atoms with Crippen LogP contribution in [0.25, 0.3) is 0 Å². The average Bonchev–Trinajstić information content (AvgIpc) is 1.69. The summed E-state index contributed by atoms with van der Waals surface area (Å²) in [6, 6.07) is 0. The molecule has 0 aromatic rings. The molecule has 0 aliphatic heterocycles. The maximum atomic E-state index is 7.08. The molecule has 1 rings (SSSR count). The predicted molar refractivity (Wildman–Crippen MR) is 27.2 cm³/mol. The molecule has 0 fully saturated rings. The van der Waals surface area contributed by atoms with Crippen LogP contribution in [0.1, 0.15) is 7.77 Å². The van der Waals surface area contributed by atoms with Gasteiger partial charge in [0.25, 0.3) is 0 Å². The van der Waals surface area contributed by atoms with Gasteiger partial charge in [-0.1, -0.05) is 24.3 Å². The first-order chi connectivity index (χ1) is 3.39. The minimum Gasteiger partial charge on any atom is -0.0839 e. The first kappa shape index (κ1) is 2.62. The largest absolute Gasteiger partial charge is 0.0839 e. The van der Waals surface area contributed by atoms with Gasteiger partial charge in [0, 0.05) is 1.37 Å². The van der Waals surface area contributed by atoms with Gasteiger partial charge in [-0.2, -0.15) is 0 Å². The molecule has 0 heterocycles. The van der Waals surface area contributed by atoms with Crippen LogP contribution >= 0.6 is 0 Å². The topological polar surface area (TPSA) is 0 Å². The van der Waals surface area contributed by atoms with Crippen LogP contribution in [0.4, 0.5) is 0 Å². The minimum atomic E-state index is -0.106. The van der Waals surface area contributed by atoms with Gasteiger partial charge in [0.2, 0.25) is 0 Å². The third-order valence-corrected chi connectivity index (χ3v) is 0.667. The van der Waals surface area contributed by atoms with Gasteiger partial charge in [-0.05, 0) is 12.8 Å². The second kappa shape index (κ2) is 1.81. The zero-order valence-corrected chi connectivity index (χ0v) is 3.46.